The van der Waals surface area contributed by atoms with Gasteiger partial charge in [0.15, 0.2) is 0 Å². The molecule has 0 spiro atoms. The van der Waals surface area contributed by atoms with Crippen LogP contribution >= 0.6 is 11.6 Å². The maximum Gasteiger partial charge on any atom is 0.335 e. The van der Waals surface area contributed by atoms with Crippen molar-refractivity contribution in [1.82, 2.24) is 9.97 Å². The Morgan fingerprint density at radius 2 is 1.95 bits per heavy atom. The number of aromatic carboxylic acids is 1. The number of halogens is 1. The number of hydrogen-bond acceptors (Lipinski definition) is 3. The molecule has 0 aliphatic heterocycles. The second-order valence-electron chi connectivity index (χ2n) is 4.88. The van der Waals surface area contributed by atoms with Crippen LogP contribution in [0.4, 0.5) is 0 Å². The van der Waals surface area contributed by atoms with E-state index in [2.05, 4.69) is 16.9 Å². The highest BCUT2D eigenvalue weighted by Crippen LogP contribution is 2.14. The van der Waals surface area contributed by atoms with Crippen molar-refractivity contribution in [2.75, 3.05) is 0 Å². The molecule has 110 valence electrons. The lowest BCUT2D eigenvalue weighted by molar-refractivity contribution is 0.0697. The van der Waals surface area contributed by atoms with Gasteiger partial charge in [-0.05, 0) is 30.2 Å². The van der Waals surface area contributed by atoms with Gasteiger partial charge in [-0.3, -0.25) is 0 Å². The van der Waals surface area contributed by atoms with Crippen molar-refractivity contribution < 1.29 is 9.90 Å². The Morgan fingerprint density at radius 1 is 1.24 bits per heavy atom. The molecular formula is C16H17ClN2O2. The van der Waals surface area contributed by atoms with Crippen LogP contribution < -0.4 is 0 Å². The number of nitrogens with zero attached hydrogens (tertiary/aromatic N) is 2. The first kappa shape index (κ1) is 15.4. The molecular weight excluding hydrogens is 288 g/mol. The van der Waals surface area contributed by atoms with Crippen molar-refractivity contribution in [1.29, 1.82) is 0 Å². The summed E-state index contributed by atoms with van der Waals surface area (Å²) in [5.74, 6) is -0.157. The van der Waals surface area contributed by atoms with Gasteiger partial charge in [0, 0.05) is 18.5 Å². The number of aryl methyl sites for hydroxylation is 1. The highest BCUT2D eigenvalue weighted by atomic mass is 35.5. The average Bonchev–Trinajstić information content (AvgIpc) is 2.45. The third-order valence-electron chi connectivity index (χ3n) is 3.13. The zero-order valence-corrected chi connectivity index (χ0v) is 12.6. The molecule has 0 unspecified atom stereocenters. The zero-order chi connectivity index (χ0) is 15.2. The second-order valence-corrected chi connectivity index (χ2v) is 5.27. The molecule has 0 saturated carbocycles. The molecule has 5 heteroatoms. The van der Waals surface area contributed by atoms with Gasteiger partial charge in [-0.15, -0.1) is 0 Å². The van der Waals surface area contributed by atoms with Gasteiger partial charge < -0.3 is 5.11 Å². The minimum Gasteiger partial charge on any atom is -0.478 e. The highest BCUT2D eigenvalue weighted by Gasteiger charge is 2.06. The predicted octanol–water partition coefficient (Wildman–Crippen LogP) is 3.76. The third kappa shape index (κ3) is 4.53. The van der Waals surface area contributed by atoms with Crippen LogP contribution in [0.5, 0.6) is 0 Å². The second kappa shape index (κ2) is 7.18. The summed E-state index contributed by atoms with van der Waals surface area (Å²) >= 11 is 6.03. The van der Waals surface area contributed by atoms with Crippen molar-refractivity contribution in [2.45, 2.75) is 32.6 Å². The SMILES string of the molecule is CCCCc1nc(Cl)cc(Cc2ccc(C(=O)O)cc2)n1. The lowest BCUT2D eigenvalue weighted by Gasteiger charge is -2.05. The van der Waals surface area contributed by atoms with Crippen LogP contribution in [-0.4, -0.2) is 21.0 Å². The molecule has 0 aliphatic carbocycles. The van der Waals surface area contributed by atoms with Crippen molar-refractivity contribution in [3.05, 3.63) is 58.1 Å². The minimum atomic E-state index is -0.923. The number of carboxylic acid groups (broad SMARTS) is 1. The van der Waals surface area contributed by atoms with Gasteiger partial charge in [0.25, 0.3) is 0 Å². The summed E-state index contributed by atoms with van der Waals surface area (Å²) in [4.78, 5) is 19.6. The molecule has 0 aliphatic rings. The van der Waals surface area contributed by atoms with E-state index in [1.807, 2.05) is 0 Å². The van der Waals surface area contributed by atoms with E-state index in [0.29, 0.717) is 11.6 Å². The summed E-state index contributed by atoms with van der Waals surface area (Å²) in [6.07, 6.45) is 3.55. The normalized spacial score (nSPS) is 10.6. The summed E-state index contributed by atoms with van der Waals surface area (Å²) in [5.41, 5.74) is 2.13. The largest absolute Gasteiger partial charge is 0.478 e. The van der Waals surface area contributed by atoms with E-state index in [4.69, 9.17) is 16.7 Å². The van der Waals surface area contributed by atoms with Crippen molar-refractivity contribution >= 4 is 17.6 Å². The molecule has 0 bridgehead atoms. The van der Waals surface area contributed by atoms with E-state index in [1.165, 1.54) is 0 Å². The number of aromatic nitrogens is 2. The summed E-state index contributed by atoms with van der Waals surface area (Å²) in [6, 6.07) is 8.54. The molecule has 0 saturated heterocycles. The third-order valence-corrected chi connectivity index (χ3v) is 3.33. The Kier molecular flexibility index (Phi) is 5.28. The fourth-order valence-electron chi connectivity index (χ4n) is 2.03. The Bertz CT molecular complexity index is 627. The van der Waals surface area contributed by atoms with Crippen LogP contribution in [0.15, 0.2) is 30.3 Å². The maximum atomic E-state index is 10.8. The van der Waals surface area contributed by atoms with E-state index in [9.17, 15) is 4.79 Å². The van der Waals surface area contributed by atoms with Crippen LogP contribution in [0.25, 0.3) is 0 Å². The predicted molar refractivity (Wildman–Crippen MR) is 81.9 cm³/mol. The minimum absolute atomic E-state index is 0.281. The molecule has 0 amide bonds. The Balaban J connectivity index is 2.14. The molecule has 1 heterocycles. The molecule has 1 aromatic heterocycles. The quantitative estimate of drug-likeness (QED) is 0.825. The number of carboxylic acids is 1. The maximum absolute atomic E-state index is 10.8. The van der Waals surface area contributed by atoms with E-state index in [1.54, 1.807) is 30.3 Å². The van der Waals surface area contributed by atoms with Crippen LogP contribution in [0.2, 0.25) is 5.15 Å². The van der Waals surface area contributed by atoms with Crippen molar-refractivity contribution in [3.63, 3.8) is 0 Å². The molecule has 1 N–H and O–H groups in total. The van der Waals surface area contributed by atoms with E-state index in [-0.39, 0.29) is 5.56 Å². The first-order chi connectivity index (χ1) is 10.1. The molecule has 0 fully saturated rings. The fraction of sp³-hybridized carbons (Fsp3) is 0.312. The number of rotatable bonds is 6. The summed E-state index contributed by atoms with van der Waals surface area (Å²) in [7, 11) is 0. The molecule has 0 radical (unpaired) electrons. The van der Waals surface area contributed by atoms with E-state index < -0.39 is 5.97 Å². The summed E-state index contributed by atoms with van der Waals surface area (Å²) in [6.45, 7) is 2.12. The van der Waals surface area contributed by atoms with Crippen molar-refractivity contribution in [2.24, 2.45) is 0 Å². The lowest BCUT2D eigenvalue weighted by Crippen LogP contribution is -2.02. The molecule has 0 atom stereocenters. The average molecular weight is 305 g/mol. The van der Waals surface area contributed by atoms with Gasteiger partial charge in [-0.1, -0.05) is 37.1 Å². The first-order valence-electron chi connectivity index (χ1n) is 6.93. The van der Waals surface area contributed by atoms with E-state index >= 15 is 0 Å². The molecule has 4 nitrogen and oxygen atoms in total. The highest BCUT2D eigenvalue weighted by molar-refractivity contribution is 6.29. The Labute approximate surface area is 128 Å². The number of carbonyl (C=O) groups is 1. The Morgan fingerprint density at radius 3 is 2.57 bits per heavy atom. The molecule has 21 heavy (non-hydrogen) atoms. The van der Waals surface area contributed by atoms with Gasteiger partial charge in [0.1, 0.15) is 11.0 Å². The van der Waals surface area contributed by atoms with Crippen LogP contribution in [0.1, 0.15) is 47.2 Å². The number of unbranched alkanes of at least 4 members (excludes halogenated alkanes) is 1. The van der Waals surface area contributed by atoms with Crippen LogP contribution in [0.3, 0.4) is 0 Å². The first-order valence-corrected chi connectivity index (χ1v) is 7.31. The van der Waals surface area contributed by atoms with Crippen LogP contribution in [-0.2, 0) is 12.8 Å². The monoisotopic (exact) mass is 304 g/mol. The van der Waals surface area contributed by atoms with Gasteiger partial charge in [-0.25, -0.2) is 14.8 Å². The van der Waals surface area contributed by atoms with Gasteiger partial charge in [0.05, 0.1) is 5.56 Å². The zero-order valence-electron chi connectivity index (χ0n) is 11.8. The topological polar surface area (TPSA) is 63.1 Å². The fourth-order valence-corrected chi connectivity index (χ4v) is 2.25. The van der Waals surface area contributed by atoms with Crippen LogP contribution in [0, 0.1) is 0 Å². The lowest BCUT2D eigenvalue weighted by atomic mass is 10.1. The number of hydrogen-bond donors (Lipinski definition) is 1. The van der Waals surface area contributed by atoms with Gasteiger partial charge in [-0.2, -0.15) is 0 Å². The number of benzene rings is 1. The Hall–Kier alpha value is -1.94. The molecule has 2 rings (SSSR count). The summed E-state index contributed by atoms with van der Waals surface area (Å²) in [5, 5.41) is 9.33. The standard InChI is InChI=1S/C16H17ClN2O2/c1-2-3-4-15-18-13(10-14(17)19-15)9-11-5-7-12(8-6-11)16(20)21/h5-8,10H,2-4,9H2,1H3,(H,20,21). The van der Waals surface area contributed by atoms with Gasteiger partial charge >= 0.3 is 5.97 Å². The smallest absolute Gasteiger partial charge is 0.335 e. The van der Waals surface area contributed by atoms with Crippen molar-refractivity contribution in [3.8, 4) is 0 Å². The summed E-state index contributed by atoms with van der Waals surface area (Å²) < 4.78 is 0. The van der Waals surface area contributed by atoms with Gasteiger partial charge in [0.2, 0.25) is 0 Å². The molecule has 1 aromatic carbocycles. The van der Waals surface area contributed by atoms with E-state index in [0.717, 1.165) is 36.3 Å². The molecule has 2 aromatic rings.